The molecular formula is C18H28N2O3S. The number of hydrogen-bond donors (Lipinski definition) is 0. The number of ether oxygens (including phenoxy) is 2. The van der Waals surface area contributed by atoms with E-state index in [9.17, 15) is 4.79 Å². The van der Waals surface area contributed by atoms with Gasteiger partial charge in [0.15, 0.2) is 0 Å². The Morgan fingerprint density at radius 3 is 3.17 bits per heavy atom. The predicted octanol–water partition coefficient (Wildman–Crippen LogP) is 2.22. The summed E-state index contributed by atoms with van der Waals surface area (Å²) in [5, 5.41) is 2.14. The number of rotatable bonds is 6. The fourth-order valence-corrected chi connectivity index (χ4v) is 4.55. The molecular weight excluding hydrogens is 324 g/mol. The van der Waals surface area contributed by atoms with Gasteiger partial charge in [0, 0.05) is 44.5 Å². The first-order valence-corrected chi connectivity index (χ1v) is 9.64. The van der Waals surface area contributed by atoms with Crippen LogP contribution in [0.1, 0.15) is 24.1 Å². The van der Waals surface area contributed by atoms with Crippen molar-refractivity contribution in [2.24, 2.45) is 5.92 Å². The van der Waals surface area contributed by atoms with E-state index in [1.54, 1.807) is 19.0 Å². The van der Waals surface area contributed by atoms with Crippen molar-refractivity contribution in [3.8, 4) is 0 Å². The van der Waals surface area contributed by atoms with Gasteiger partial charge in [0.2, 0.25) is 5.91 Å². The van der Waals surface area contributed by atoms with Gasteiger partial charge in [-0.3, -0.25) is 9.69 Å². The molecule has 2 heterocycles. The minimum atomic E-state index is -0.0866. The molecule has 1 aliphatic heterocycles. The lowest BCUT2D eigenvalue weighted by Crippen LogP contribution is -2.54. The van der Waals surface area contributed by atoms with E-state index >= 15 is 0 Å². The summed E-state index contributed by atoms with van der Waals surface area (Å²) in [7, 11) is 3.52. The lowest BCUT2D eigenvalue weighted by molar-refractivity contribution is -0.149. The molecule has 0 bridgehead atoms. The maximum absolute atomic E-state index is 11.7. The van der Waals surface area contributed by atoms with Gasteiger partial charge in [-0.25, -0.2) is 0 Å². The second-order valence-corrected chi connectivity index (χ2v) is 8.13. The molecule has 0 N–H and O–H groups in total. The Balaban J connectivity index is 1.55. The third-order valence-electron chi connectivity index (χ3n) is 5.19. The van der Waals surface area contributed by atoms with Crippen LogP contribution in [-0.2, 0) is 20.8 Å². The second-order valence-electron chi connectivity index (χ2n) is 7.10. The predicted molar refractivity (Wildman–Crippen MR) is 95.1 cm³/mol. The van der Waals surface area contributed by atoms with E-state index in [4.69, 9.17) is 9.47 Å². The molecule has 134 valence electrons. The van der Waals surface area contributed by atoms with E-state index in [1.165, 1.54) is 11.3 Å². The van der Waals surface area contributed by atoms with Crippen molar-refractivity contribution >= 4 is 17.2 Å². The largest absolute Gasteiger partial charge is 0.372 e. The first-order chi connectivity index (χ1) is 11.6. The first-order valence-electron chi connectivity index (χ1n) is 8.76. The third-order valence-corrected chi connectivity index (χ3v) is 6.05. The normalized spacial score (nSPS) is 27.7. The molecule has 2 atom stereocenters. The molecule has 1 aromatic rings. The van der Waals surface area contributed by atoms with Crippen molar-refractivity contribution < 1.29 is 14.3 Å². The molecule has 0 aromatic carbocycles. The number of nitrogens with zero attached hydrogens (tertiary/aromatic N) is 2. The number of amides is 1. The van der Waals surface area contributed by atoms with Gasteiger partial charge in [-0.1, -0.05) is 12.5 Å². The smallest absolute Gasteiger partial charge is 0.248 e. The average molecular weight is 353 g/mol. The SMILES string of the molecule is CN(C)C(=O)COC[C@@H]1CCC[C@]12CN(Cc1cccs1)CCO2. The minimum Gasteiger partial charge on any atom is -0.372 e. The van der Waals surface area contributed by atoms with E-state index in [-0.39, 0.29) is 18.1 Å². The van der Waals surface area contributed by atoms with Crippen LogP contribution >= 0.6 is 11.3 Å². The highest BCUT2D eigenvalue weighted by Gasteiger charge is 2.46. The second kappa shape index (κ2) is 7.95. The number of likely N-dealkylation sites (N-methyl/N-ethyl adjacent to an activating group) is 1. The van der Waals surface area contributed by atoms with Crippen molar-refractivity contribution in [2.45, 2.75) is 31.4 Å². The molecule has 24 heavy (non-hydrogen) atoms. The highest BCUT2D eigenvalue weighted by Crippen LogP contribution is 2.41. The number of carbonyl (C=O) groups is 1. The molecule has 1 aromatic heterocycles. The molecule has 0 radical (unpaired) electrons. The monoisotopic (exact) mass is 352 g/mol. The average Bonchev–Trinajstić information content (AvgIpc) is 3.18. The van der Waals surface area contributed by atoms with Gasteiger partial charge in [-0.05, 0) is 24.3 Å². The Kier molecular flexibility index (Phi) is 5.92. The summed E-state index contributed by atoms with van der Waals surface area (Å²) in [6.45, 7) is 4.55. The Labute approximate surface area is 148 Å². The summed E-state index contributed by atoms with van der Waals surface area (Å²) >= 11 is 1.82. The van der Waals surface area contributed by atoms with Gasteiger partial charge in [0.1, 0.15) is 6.61 Å². The van der Waals surface area contributed by atoms with Gasteiger partial charge < -0.3 is 14.4 Å². The van der Waals surface area contributed by atoms with Crippen LogP contribution in [0.4, 0.5) is 0 Å². The van der Waals surface area contributed by atoms with E-state index in [0.29, 0.717) is 12.5 Å². The first kappa shape index (κ1) is 17.9. The van der Waals surface area contributed by atoms with Crippen molar-refractivity contribution in [2.75, 3.05) is 47.0 Å². The lowest BCUT2D eigenvalue weighted by Gasteiger charge is -2.44. The molecule has 2 fully saturated rings. The number of morpholine rings is 1. The van der Waals surface area contributed by atoms with Gasteiger partial charge in [-0.15, -0.1) is 11.3 Å². The Morgan fingerprint density at radius 2 is 2.42 bits per heavy atom. The zero-order valence-electron chi connectivity index (χ0n) is 14.7. The summed E-state index contributed by atoms with van der Waals surface area (Å²) in [4.78, 5) is 17.2. The van der Waals surface area contributed by atoms with Gasteiger partial charge in [0.05, 0.1) is 18.8 Å². The zero-order valence-corrected chi connectivity index (χ0v) is 15.5. The van der Waals surface area contributed by atoms with Crippen LogP contribution in [0.15, 0.2) is 17.5 Å². The number of hydrogen-bond acceptors (Lipinski definition) is 5. The third kappa shape index (κ3) is 4.17. The fraction of sp³-hybridized carbons (Fsp3) is 0.722. The highest BCUT2D eigenvalue weighted by atomic mass is 32.1. The molecule has 0 unspecified atom stereocenters. The fourth-order valence-electron chi connectivity index (χ4n) is 3.80. The molecule has 1 saturated heterocycles. The Bertz CT molecular complexity index is 534. The minimum absolute atomic E-state index is 0.0194. The quantitative estimate of drug-likeness (QED) is 0.787. The topological polar surface area (TPSA) is 42.0 Å². The zero-order chi connectivity index (χ0) is 17.0. The van der Waals surface area contributed by atoms with E-state index in [1.807, 2.05) is 11.3 Å². The standard InChI is InChI=1S/C18H28N2O3S/c1-19(2)17(21)13-22-12-15-5-3-7-18(15)14-20(8-9-23-18)11-16-6-4-10-24-16/h4,6,10,15H,3,5,7-9,11-14H2,1-2H3/t15-,18-/m0/s1. The van der Waals surface area contributed by atoms with Gasteiger partial charge in [0.25, 0.3) is 0 Å². The summed E-state index contributed by atoms with van der Waals surface area (Å²) in [6, 6.07) is 4.32. The van der Waals surface area contributed by atoms with Crippen LogP contribution in [0.5, 0.6) is 0 Å². The van der Waals surface area contributed by atoms with Crippen LogP contribution < -0.4 is 0 Å². The molecule has 1 saturated carbocycles. The number of thiophene rings is 1. The van der Waals surface area contributed by atoms with E-state index in [0.717, 1.165) is 39.1 Å². The molecule has 5 nitrogen and oxygen atoms in total. The van der Waals surface area contributed by atoms with Crippen LogP contribution in [0, 0.1) is 5.92 Å². The van der Waals surface area contributed by atoms with Crippen LogP contribution in [0.25, 0.3) is 0 Å². The maximum Gasteiger partial charge on any atom is 0.248 e. The van der Waals surface area contributed by atoms with E-state index in [2.05, 4.69) is 22.4 Å². The van der Waals surface area contributed by atoms with Gasteiger partial charge in [-0.2, -0.15) is 0 Å². The summed E-state index contributed by atoms with van der Waals surface area (Å²) in [6.07, 6.45) is 3.41. The van der Waals surface area contributed by atoms with Crippen molar-refractivity contribution in [1.82, 2.24) is 9.80 Å². The molecule has 6 heteroatoms. The lowest BCUT2D eigenvalue weighted by atomic mass is 9.89. The summed E-state index contributed by atoms with van der Waals surface area (Å²) < 4.78 is 12.0. The van der Waals surface area contributed by atoms with Crippen LogP contribution in [0.2, 0.25) is 0 Å². The summed E-state index contributed by atoms with van der Waals surface area (Å²) in [5.74, 6) is 0.407. The Hall–Kier alpha value is -0.950. The molecule has 1 aliphatic carbocycles. The van der Waals surface area contributed by atoms with Crippen LogP contribution in [-0.4, -0.2) is 68.3 Å². The maximum atomic E-state index is 11.7. The highest BCUT2D eigenvalue weighted by molar-refractivity contribution is 7.09. The van der Waals surface area contributed by atoms with Crippen molar-refractivity contribution in [3.63, 3.8) is 0 Å². The van der Waals surface area contributed by atoms with Crippen molar-refractivity contribution in [1.29, 1.82) is 0 Å². The van der Waals surface area contributed by atoms with E-state index < -0.39 is 0 Å². The van der Waals surface area contributed by atoms with Crippen LogP contribution in [0.3, 0.4) is 0 Å². The summed E-state index contributed by atoms with van der Waals surface area (Å²) in [5.41, 5.74) is -0.0866. The molecule has 1 spiro atoms. The van der Waals surface area contributed by atoms with Gasteiger partial charge >= 0.3 is 0 Å². The molecule has 3 rings (SSSR count). The molecule has 1 amide bonds. The molecule has 2 aliphatic rings. The van der Waals surface area contributed by atoms with Crippen molar-refractivity contribution in [3.05, 3.63) is 22.4 Å². The number of carbonyl (C=O) groups excluding carboxylic acids is 1. The Morgan fingerprint density at radius 1 is 1.54 bits per heavy atom.